The molecule has 0 bridgehead atoms. The van der Waals surface area contributed by atoms with Gasteiger partial charge in [0.05, 0.1) is 0 Å². The number of anilines is 1. The first-order valence-electron chi connectivity index (χ1n) is 8.15. The highest BCUT2D eigenvalue weighted by molar-refractivity contribution is 5.97. The molecule has 132 valence electrons. The summed E-state index contributed by atoms with van der Waals surface area (Å²) in [7, 11) is 0. The number of carbonyl (C=O) groups is 2. The molecule has 0 saturated heterocycles. The van der Waals surface area contributed by atoms with Gasteiger partial charge in [0.25, 0.3) is 5.91 Å². The highest BCUT2D eigenvalue weighted by Gasteiger charge is 2.11. The minimum Gasteiger partial charge on any atom is -0.348 e. The Labute approximate surface area is 153 Å². The molecule has 3 N–H and O–H groups in total. The van der Waals surface area contributed by atoms with Gasteiger partial charge in [-0.3, -0.25) is 9.59 Å². The molecule has 1 aliphatic rings. The molecule has 0 fully saturated rings. The predicted molar refractivity (Wildman–Crippen MR) is 101 cm³/mol. The molecule has 1 heterocycles. The van der Waals surface area contributed by atoms with Gasteiger partial charge < -0.3 is 16.0 Å². The molecule has 0 spiro atoms. The zero-order valence-electron chi connectivity index (χ0n) is 14.1. The minimum atomic E-state index is -0.152. The number of rotatable bonds is 5. The monoisotopic (exact) mass is 359 g/mol. The highest BCUT2D eigenvalue weighted by Crippen LogP contribution is 2.17. The summed E-state index contributed by atoms with van der Waals surface area (Å²) in [4.78, 5) is 23.8. The number of hydrogen-bond donors (Lipinski definition) is 3. The van der Waals surface area contributed by atoms with E-state index in [0.29, 0.717) is 24.2 Å². The van der Waals surface area contributed by atoms with E-state index in [1.807, 2.05) is 6.07 Å². The molecule has 0 aromatic heterocycles. The van der Waals surface area contributed by atoms with Crippen molar-refractivity contribution >= 4 is 29.9 Å². The molecular weight excluding hydrogens is 338 g/mol. The zero-order valence-corrected chi connectivity index (χ0v) is 14.9. The molecule has 0 aliphatic carbocycles. The average molecular weight is 360 g/mol. The molecule has 1 aliphatic heterocycles. The van der Waals surface area contributed by atoms with Crippen LogP contribution in [0, 0.1) is 0 Å². The second kappa shape index (κ2) is 8.65. The van der Waals surface area contributed by atoms with Crippen molar-refractivity contribution in [3.8, 4) is 0 Å². The van der Waals surface area contributed by atoms with E-state index in [4.69, 9.17) is 0 Å². The summed E-state index contributed by atoms with van der Waals surface area (Å²) < 4.78 is 0. The summed E-state index contributed by atoms with van der Waals surface area (Å²) in [6, 6.07) is 13.3. The van der Waals surface area contributed by atoms with E-state index >= 15 is 0 Å². The Morgan fingerprint density at radius 2 is 1.88 bits per heavy atom. The van der Waals surface area contributed by atoms with Crippen LogP contribution >= 0.6 is 12.4 Å². The number of nitrogens with one attached hydrogen (secondary N) is 3. The molecule has 0 saturated carbocycles. The number of amides is 2. The molecule has 2 aromatic rings. The van der Waals surface area contributed by atoms with Gasteiger partial charge in [-0.05, 0) is 34.9 Å². The summed E-state index contributed by atoms with van der Waals surface area (Å²) in [6.45, 7) is 4.07. The Morgan fingerprint density at radius 1 is 1.08 bits per heavy atom. The number of hydrogen-bond acceptors (Lipinski definition) is 3. The van der Waals surface area contributed by atoms with Crippen molar-refractivity contribution in [2.24, 2.45) is 0 Å². The van der Waals surface area contributed by atoms with E-state index < -0.39 is 0 Å². The smallest absolute Gasteiger partial charge is 0.251 e. The average Bonchev–Trinajstić information content (AvgIpc) is 3.07. The van der Waals surface area contributed by atoms with E-state index in [0.717, 1.165) is 18.7 Å². The standard InChI is InChI=1S/C19H21N3O2.ClH/c1-2-18(23)22-17-5-3-4-14(9-17)19(24)21-10-13-6-7-15-11-20-12-16(15)8-13;/h3-9,20H,2,10-12H2,1H3,(H,21,24)(H,22,23);1H. The van der Waals surface area contributed by atoms with Crippen molar-refractivity contribution in [1.82, 2.24) is 10.6 Å². The fraction of sp³-hybridized carbons (Fsp3) is 0.263. The van der Waals surface area contributed by atoms with E-state index in [1.54, 1.807) is 31.2 Å². The Morgan fingerprint density at radius 3 is 2.68 bits per heavy atom. The molecule has 2 aromatic carbocycles. The van der Waals surface area contributed by atoms with E-state index in [9.17, 15) is 9.59 Å². The second-order valence-corrected chi connectivity index (χ2v) is 5.87. The Balaban J connectivity index is 0.00000225. The van der Waals surface area contributed by atoms with Gasteiger partial charge in [-0.1, -0.05) is 31.2 Å². The van der Waals surface area contributed by atoms with Gasteiger partial charge >= 0.3 is 0 Å². The van der Waals surface area contributed by atoms with Crippen LogP contribution in [-0.2, 0) is 24.4 Å². The van der Waals surface area contributed by atoms with Crippen LogP contribution in [0.3, 0.4) is 0 Å². The lowest BCUT2D eigenvalue weighted by Gasteiger charge is -2.09. The van der Waals surface area contributed by atoms with Gasteiger partial charge in [-0.2, -0.15) is 0 Å². The van der Waals surface area contributed by atoms with Crippen LogP contribution in [0.1, 0.15) is 40.4 Å². The Kier molecular flexibility index (Phi) is 6.56. The third-order valence-corrected chi connectivity index (χ3v) is 4.08. The van der Waals surface area contributed by atoms with Crippen molar-refractivity contribution in [3.63, 3.8) is 0 Å². The molecular formula is C19H22ClN3O2. The van der Waals surface area contributed by atoms with Crippen LogP contribution < -0.4 is 16.0 Å². The molecule has 6 heteroatoms. The third-order valence-electron chi connectivity index (χ3n) is 4.08. The predicted octanol–water partition coefficient (Wildman–Crippen LogP) is 2.99. The van der Waals surface area contributed by atoms with E-state index in [1.165, 1.54) is 11.1 Å². The molecule has 0 radical (unpaired) electrons. The van der Waals surface area contributed by atoms with Gasteiger partial charge in [0.15, 0.2) is 0 Å². The minimum absolute atomic E-state index is 0. The first-order valence-corrected chi connectivity index (χ1v) is 8.15. The molecule has 2 amide bonds. The maximum Gasteiger partial charge on any atom is 0.251 e. The van der Waals surface area contributed by atoms with Crippen LogP contribution in [0.4, 0.5) is 5.69 Å². The summed E-state index contributed by atoms with van der Waals surface area (Å²) in [5, 5.41) is 9.00. The van der Waals surface area contributed by atoms with Crippen molar-refractivity contribution in [2.75, 3.05) is 5.32 Å². The zero-order chi connectivity index (χ0) is 16.9. The number of fused-ring (bicyclic) bond motifs is 1. The third kappa shape index (κ3) is 4.81. The molecule has 3 rings (SSSR count). The number of carbonyl (C=O) groups excluding carboxylic acids is 2. The summed E-state index contributed by atoms with van der Waals surface area (Å²) in [5.74, 6) is -0.222. The second-order valence-electron chi connectivity index (χ2n) is 5.87. The van der Waals surface area contributed by atoms with Crippen molar-refractivity contribution in [3.05, 3.63) is 64.7 Å². The Hall–Kier alpha value is -2.37. The maximum atomic E-state index is 12.3. The van der Waals surface area contributed by atoms with Crippen LogP contribution in [-0.4, -0.2) is 11.8 Å². The fourth-order valence-electron chi connectivity index (χ4n) is 2.73. The van der Waals surface area contributed by atoms with E-state index in [2.05, 4.69) is 28.1 Å². The number of benzene rings is 2. The lowest BCUT2D eigenvalue weighted by atomic mass is 10.1. The highest BCUT2D eigenvalue weighted by atomic mass is 35.5. The van der Waals surface area contributed by atoms with Crippen LogP contribution in [0.25, 0.3) is 0 Å². The summed E-state index contributed by atoms with van der Waals surface area (Å²) >= 11 is 0. The lowest BCUT2D eigenvalue weighted by Crippen LogP contribution is -2.23. The normalized spacial score (nSPS) is 12.0. The largest absolute Gasteiger partial charge is 0.348 e. The molecule has 5 nitrogen and oxygen atoms in total. The van der Waals surface area contributed by atoms with Gasteiger partial charge in [-0.15, -0.1) is 12.4 Å². The summed E-state index contributed by atoms with van der Waals surface area (Å²) in [5.41, 5.74) is 4.88. The summed E-state index contributed by atoms with van der Waals surface area (Å²) in [6.07, 6.45) is 0.406. The van der Waals surface area contributed by atoms with Crippen LogP contribution in [0.15, 0.2) is 42.5 Å². The van der Waals surface area contributed by atoms with Crippen LogP contribution in [0.5, 0.6) is 0 Å². The quantitative estimate of drug-likeness (QED) is 0.768. The molecule has 0 atom stereocenters. The first kappa shape index (κ1) is 19.0. The van der Waals surface area contributed by atoms with Crippen molar-refractivity contribution < 1.29 is 9.59 Å². The van der Waals surface area contributed by atoms with Crippen molar-refractivity contribution in [1.29, 1.82) is 0 Å². The van der Waals surface area contributed by atoms with Gasteiger partial charge in [0.2, 0.25) is 5.91 Å². The SMILES string of the molecule is CCC(=O)Nc1cccc(C(=O)NCc2ccc3c(c2)CNC3)c1.Cl. The van der Waals surface area contributed by atoms with Crippen molar-refractivity contribution in [2.45, 2.75) is 33.0 Å². The maximum absolute atomic E-state index is 12.3. The van der Waals surface area contributed by atoms with Gasteiger partial charge in [0, 0.05) is 37.3 Å². The first-order chi connectivity index (χ1) is 11.7. The van der Waals surface area contributed by atoms with E-state index in [-0.39, 0.29) is 24.2 Å². The fourth-order valence-corrected chi connectivity index (χ4v) is 2.73. The number of halogens is 1. The van der Waals surface area contributed by atoms with Gasteiger partial charge in [0.1, 0.15) is 0 Å². The Bertz CT molecular complexity index is 777. The van der Waals surface area contributed by atoms with Gasteiger partial charge in [-0.25, -0.2) is 0 Å². The topological polar surface area (TPSA) is 70.2 Å². The van der Waals surface area contributed by atoms with Crippen LogP contribution in [0.2, 0.25) is 0 Å². The lowest BCUT2D eigenvalue weighted by molar-refractivity contribution is -0.115. The molecule has 0 unspecified atom stereocenters. The molecule has 25 heavy (non-hydrogen) atoms.